The van der Waals surface area contributed by atoms with Gasteiger partial charge in [0.1, 0.15) is 11.6 Å². The van der Waals surface area contributed by atoms with Crippen molar-refractivity contribution < 1.29 is 13.9 Å². The van der Waals surface area contributed by atoms with Crippen LogP contribution in [0.25, 0.3) is 0 Å². The molecule has 0 radical (unpaired) electrons. The van der Waals surface area contributed by atoms with E-state index in [1.807, 2.05) is 0 Å². The van der Waals surface area contributed by atoms with Crippen LogP contribution in [0.4, 0.5) is 8.78 Å². The minimum atomic E-state index is -1.26. The van der Waals surface area contributed by atoms with Gasteiger partial charge in [-0.1, -0.05) is 53.6 Å². The fraction of sp³-hybridized carbons (Fsp3) is 0.417. The Balaban J connectivity index is 1.82. The first-order valence-electron chi connectivity index (χ1n) is 10.5. The molecule has 4 rings (SSSR count). The molecule has 1 heterocycles. The van der Waals surface area contributed by atoms with Gasteiger partial charge in [0.05, 0.1) is 10.6 Å². The number of aliphatic hydroxyl groups is 1. The van der Waals surface area contributed by atoms with Gasteiger partial charge in [0.15, 0.2) is 0 Å². The van der Waals surface area contributed by atoms with E-state index in [-0.39, 0.29) is 33.7 Å². The van der Waals surface area contributed by atoms with E-state index >= 15 is 8.78 Å². The maximum absolute atomic E-state index is 15.2. The molecule has 166 valence electrons. The maximum Gasteiger partial charge on any atom is 0.145 e. The molecule has 2 aliphatic rings. The summed E-state index contributed by atoms with van der Waals surface area (Å²) in [6, 6.07) is 8.84. The summed E-state index contributed by atoms with van der Waals surface area (Å²) in [5.41, 5.74) is 6.05. The minimum Gasteiger partial charge on any atom is -0.396 e. The molecule has 1 fully saturated rings. The molecular formula is C24H26Cl2F2N2O. The van der Waals surface area contributed by atoms with Crippen LogP contribution in [0.1, 0.15) is 42.7 Å². The molecule has 4 atom stereocenters. The van der Waals surface area contributed by atoms with E-state index < -0.39 is 23.1 Å². The molecule has 3 nitrogen and oxygen atoms in total. The number of aliphatic hydroxyl groups excluding tert-OH is 1. The van der Waals surface area contributed by atoms with Gasteiger partial charge in [-0.3, -0.25) is 0 Å². The van der Waals surface area contributed by atoms with Crippen LogP contribution in [0.15, 0.2) is 48.6 Å². The van der Waals surface area contributed by atoms with Crippen molar-refractivity contribution in [2.45, 2.75) is 43.2 Å². The summed E-state index contributed by atoms with van der Waals surface area (Å²) in [5, 5.41) is 13.9. The van der Waals surface area contributed by atoms with Gasteiger partial charge in [0, 0.05) is 35.7 Å². The number of hydrogen-bond acceptors (Lipinski definition) is 3. The third-order valence-corrected chi connectivity index (χ3v) is 7.53. The summed E-state index contributed by atoms with van der Waals surface area (Å²) in [7, 11) is 0. The molecule has 0 aromatic heterocycles. The summed E-state index contributed by atoms with van der Waals surface area (Å²) in [6.07, 6.45) is 7.11. The zero-order chi connectivity index (χ0) is 22.2. The zero-order valence-corrected chi connectivity index (χ0v) is 18.6. The average molecular weight is 467 g/mol. The van der Waals surface area contributed by atoms with Crippen LogP contribution in [0.3, 0.4) is 0 Å². The van der Waals surface area contributed by atoms with Crippen molar-refractivity contribution in [2.24, 2.45) is 11.1 Å². The maximum atomic E-state index is 15.2. The summed E-state index contributed by atoms with van der Waals surface area (Å²) in [4.78, 5) is 0. The largest absolute Gasteiger partial charge is 0.396 e. The van der Waals surface area contributed by atoms with Crippen LogP contribution >= 0.6 is 23.2 Å². The normalized spacial score (nSPS) is 30.6. The van der Waals surface area contributed by atoms with Gasteiger partial charge >= 0.3 is 0 Å². The first-order chi connectivity index (χ1) is 14.8. The molecule has 3 unspecified atom stereocenters. The van der Waals surface area contributed by atoms with E-state index in [0.717, 1.165) is 19.3 Å². The van der Waals surface area contributed by atoms with Crippen LogP contribution in [-0.4, -0.2) is 24.3 Å². The number of rotatable bonds is 5. The number of hydrogen-bond donors (Lipinski definition) is 3. The summed E-state index contributed by atoms with van der Waals surface area (Å²) >= 11 is 12.0. The van der Waals surface area contributed by atoms with Gasteiger partial charge in [0.2, 0.25) is 0 Å². The van der Waals surface area contributed by atoms with Crippen LogP contribution in [0.2, 0.25) is 10.0 Å². The molecular weight excluding hydrogens is 441 g/mol. The zero-order valence-electron chi connectivity index (χ0n) is 17.1. The smallest absolute Gasteiger partial charge is 0.145 e. The molecule has 0 bridgehead atoms. The number of halogens is 4. The van der Waals surface area contributed by atoms with E-state index in [4.69, 9.17) is 28.9 Å². The van der Waals surface area contributed by atoms with Crippen LogP contribution in [0.5, 0.6) is 0 Å². The predicted octanol–water partition coefficient (Wildman–Crippen LogP) is 5.29. The number of nitrogens with one attached hydrogen (secondary N) is 1. The molecule has 2 aromatic carbocycles. The van der Waals surface area contributed by atoms with E-state index in [9.17, 15) is 5.11 Å². The Bertz CT molecular complexity index is 1000. The third kappa shape index (κ3) is 4.03. The van der Waals surface area contributed by atoms with Crippen LogP contribution < -0.4 is 11.1 Å². The second-order valence-electron chi connectivity index (χ2n) is 8.79. The second kappa shape index (κ2) is 8.80. The molecule has 31 heavy (non-hydrogen) atoms. The number of allylic oxidation sites excluding steroid dienone is 2. The van der Waals surface area contributed by atoms with E-state index in [1.54, 1.807) is 24.3 Å². The van der Waals surface area contributed by atoms with Gasteiger partial charge in [0.25, 0.3) is 0 Å². The van der Waals surface area contributed by atoms with Gasteiger partial charge in [-0.25, -0.2) is 8.78 Å². The SMILES string of the molecule is N[C@]1(c2ccc(Cl)cc2F)C(CC2(CO)CC=CCC2)NCC1c1cccc(Cl)c1F. The van der Waals surface area contributed by atoms with E-state index in [2.05, 4.69) is 17.5 Å². The monoisotopic (exact) mass is 466 g/mol. The molecule has 1 saturated heterocycles. The highest BCUT2D eigenvalue weighted by Gasteiger charge is 2.53. The fourth-order valence-corrected chi connectivity index (χ4v) is 5.56. The highest BCUT2D eigenvalue weighted by molar-refractivity contribution is 6.31. The molecule has 0 saturated carbocycles. The number of nitrogens with two attached hydrogens (primary N) is 1. The Kier molecular flexibility index (Phi) is 6.44. The van der Waals surface area contributed by atoms with E-state index in [1.165, 1.54) is 12.1 Å². The molecule has 0 amide bonds. The third-order valence-electron chi connectivity index (χ3n) is 7.01. The van der Waals surface area contributed by atoms with Crippen molar-refractivity contribution >= 4 is 23.2 Å². The van der Waals surface area contributed by atoms with Crippen molar-refractivity contribution in [2.75, 3.05) is 13.2 Å². The highest BCUT2D eigenvalue weighted by atomic mass is 35.5. The second-order valence-corrected chi connectivity index (χ2v) is 9.63. The standard InChI is InChI=1S/C24H26Cl2F2N2O/c25-15-7-8-17(20(27)11-15)24(29)18(16-5-4-6-19(26)22(16)28)13-30-21(24)12-23(14-31)9-2-1-3-10-23/h1-2,4-8,11,18,21,30-31H,3,9-10,12-14,29H2/t18?,21?,23?,24-/m0/s1. The van der Waals surface area contributed by atoms with E-state index in [0.29, 0.717) is 18.5 Å². The minimum absolute atomic E-state index is 0.00382. The molecule has 4 N–H and O–H groups in total. The van der Waals surface area contributed by atoms with Crippen molar-refractivity contribution in [3.05, 3.63) is 81.4 Å². The number of benzene rings is 2. The summed E-state index contributed by atoms with van der Waals surface area (Å²) in [6.45, 7) is 0.364. The van der Waals surface area contributed by atoms with Crippen LogP contribution in [-0.2, 0) is 5.54 Å². The van der Waals surface area contributed by atoms with Crippen LogP contribution in [0, 0.1) is 17.0 Å². The Hall–Kier alpha value is -1.50. The van der Waals surface area contributed by atoms with Crippen molar-refractivity contribution in [3.8, 4) is 0 Å². The van der Waals surface area contributed by atoms with Crippen molar-refractivity contribution in [1.82, 2.24) is 5.32 Å². The Morgan fingerprint density at radius 2 is 1.97 bits per heavy atom. The first kappa shape index (κ1) is 22.7. The van der Waals surface area contributed by atoms with Gasteiger partial charge in [-0.05, 0) is 54.9 Å². The lowest BCUT2D eigenvalue weighted by molar-refractivity contribution is 0.0827. The molecule has 1 aliphatic carbocycles. The average Bonchev–Trinajstić information content (AvgIpc) is 3.07. The van der Waals surface area contributed by atoms with Gasteiger partial charge in [-0.15, -0.1) is 0 Å². The summed E-state index contributed by atoms with van der Waals surface area (Å²) in [5.74, 6) is -1.63. The lowest BCUT2D eigenvalue weighted by Crippen LogP contribution is -2.53. The van der Waals surface area contributed by atoms with Crippen molar-refractivity contribution in [3.63, 3.8) is 0 Å². The lowest BCUT2D eigenvalue weighted by atomic mass is 9.66. The van der Waals surface area contributed by atoms with Gasteiger partial charge < -0.3 is 16.2 Å². The Labute approximate surface area is 191 Å². The topological polar surface area (TPSA) is 58.3 Å². The fourth-order valence-electron chi connectivity index (χ4n) is 5.22. The molecule has 2 aromatic rings. The predicted molar refractivity (Wildman–Crippen MR) is 120 cm³/mol. The highest BCUT2D eigenvalue weighted by Crippen LogP contribution is 2.49. The lowest BCUT2D eigenvalue weighted by Gasteiger charge is -2.42. The quantitative estimate of drug-likeness (QED) is 0.524. The van der Waals surface area contributed by atoms with Gasteiger partial charge in [-0.2, -0.15) is 0 Å². The summed E-state index contributed by atoms with van der Waals surface area (Å²) < 4.78 is 30.2. The first-order valence-corrected chi connectivity index (χ1v) is 11.2. The van der Waals surface area contributed by atoms with Crippen molar-refractivity contribution in [1.29, 1.82) is 0 Å². The molecule has 7 heteroatoms. The Morgan fingerprint density at radius 3 is 2.65 bits per heavy atom. The Morgan fingerprint density at radius 1 is 1.16 bits per heavy atom. The molecule has 1 aliphatic heterocycles. The molecule has 0 spiro atoms.